The van der Waals surface area contributed by atoms with E-state index in [0.717, 1.165) is 18.9 Å². The molecular formula is C13H24N2O2. The lowest BCUT2D eigenvalue weighted by atomic mass is 9.84. The molecule has 1 saturated heterocycles. The molecule has 0 aromatic rings. The zero-order valence-corrected chi connectivity index (χ0v) is 10.9. The van der Waals surface area contributed by atoms with E-state index in [-0.39, 0.29) is 12.1 Å². The molecule has 0 bridgehead atoms. The molecule has 98 valence electrons. The van der Waals surface area contributed by atoms with E-state index in [0.29, 0.717) is 5.92 Å². The smallest absolute Gasteiger partial charge is 0.407 e. The summed E-state index contributed by atoms with van der Waals surface area (Å²) in [5, 5.41) is 2.94. The minimum absolute atomic E-state index is 0.256. The Balaban J connectivity index is 1.80. The van der Waals surface area contributed by atoms with Gasteiger partial charge in [0, 0.05) is 25.7 Å². The van der Waals surface area contributed by atoms with Crippen molar-refractivity contribution in [3.8, 4) is 0 Å². The van der Waals surface area contributed by atoms with Crippen LogP contribution in [-0.4, -0.2) is 43.8 Å². The Morgan fingerprint density at radius 3 is 2.76 bits per heavy atom. The number of ether oxygens (including phenoxy) is 1. The number of piperidine rings is 1. The molecular weight excluding hydrogens is 216 g/mol. The van der Waals surface area contributed by atoms with E-state index >= 15 is 0 Å². The number of alkyl carbamates (subject to hydrolysis) is 1. The second-order valence-electron chi connectivity index (χ2n) is 5.69. The summed E-state index contributed by atoms with van der Waals surface area (Å²) in [5.41, 5.74) is 0. The monoisotopic (exact) mass is 240 g/mol. The topological polar surface area (TPSA) is 41.6 Å². The number of carbonyl (C=O) groups excluding carboxylic acids is 1. The molecule has 1 saturated carbocycles. The minimum Gasteiger partial charge on any atom is -0.453 e. The van der Waals surface area contributed by atoms with Crippen molar-refractivity contribution in [2.75, 3.05) is 26.7 Å². The third kappa shape index (κ3) is 3.60. The molecule has 2 rings (SSSR count). The second-order valence-corrected chi connectivity index (χ2v) is 5.69. The Kier molecular flexibility index (Phi) is 4.26. The number of methoxy groups -OCH3 is 1. The lowest BCUT2D eigenvalue weighted by Crippen LogP contribution is -2.51. The van der Waals surface area contributed by atoms with Gasteiger partial charge in [0.1, 0.15) is 0 Å². The zero-order valence-electron chi connectivity index (χ0n) is 10.9. The first-order valence-electron chi connectivity index (χ1n) is 6.74. The summed E-state index contributed by atoms with van der Waals surface area (Å²) in [4.78, 5) is 13.7. The highest BCUT2D eigenvalue weighted by atomic mass is 16.5. The van der Waals surface area contributed by atoms with Gasteiger partial charge in [-0.15, -0.1) is 0 Å². The van der Waals surface area contributed by atoms with Gasteiger partial charge in [0.05, 0.1) is 7.11 Å². The molecule has 0 radical (unpaired) electrons. The molecule has 1 aliphatic carbocycles. The van der Waals surface area contributed by atoms with E-state index in [1.165, 1.54) is 39.5 Å². The maximum atomic E-state index is 11.2. The molecule has 2 aliphatic rings. The fourth-order valence-electron chi connectivity index (χ4n) is 2.98. The Labute approximate surface area is 104 Å². The number of nitrogens with zero attached hydrogens (tertiary/aromatic N) is 1. The molecule has 0 spiro atoms. The standard InChI is InChI=1S/C13H24N2O2/c1-10-6-12(14-13(16)17-2)9-15(7-10)8-11-4-3-5-11/h10-12H,3-9H2,1-2H3,(H,14,16). The largest absolute Gasteiger partial charge is 0.453 e. The van der Waals surface area contributed by atoms with E-state index in [2.05, 4.69) is 21.9 Å². The van der Waals surface area contributed by atoms with Gasteiger partial charge in [0.15, 0.2) is 0 Å². The predicted octanol–water partition coefficient (Wildman–Crippen LogP) is 1.85. The van der Waals surface area contributed by atoms with E-state index in [1.54, 1.807) is 0 Å². The summed E-state index contributed by atoms with van der Waals surface area (Å²) in [6.45, 7) is 5.63. The molecule has 1 heterocycles. The van der Waals surface area contributed by atoms with Gasteiger partial charge in [-0.2, -0.15) is 0 Å². The van der Waals surface area contributed by atoms with Gasteiger partial charge < -0.3 is 15.0 Å². The van der Waals surface area contributed by atoms with Crippen LogP contribution in [0.2, 0.25) is 0 Å². The van der Waals surface area contributed by atoms with Crippen LogP contribution in [0.15, 0.2) is 0 Å². The number of carbonyl (C=O) groups is 1. The van der Waals surface area contributed by atoms with Crippen molar-refractivity contribution in [1.29, 1.82) is 0 Å². The van der Waals surface area contributed by atoms with Crippen LogP contribution in [-0.2, 0) is 4.74 Å². The molecule has 2 fully saturated rings. The summed E-state index contributed by atoms with van der Waals surface area (Å²) in [5.74, 6) is 1.56. The van der Waals surface area contributed by atoms with Crippen molar-refractivity contribution >= 4 is 6.09 Å². The molecule has 2 atom stereocenters. The molecule has 2 unspecified atom stereocenters. The first kappa shape index (κ1) is 12.7. The van der Waals surface area contributed by atoms with Crippen molar-refractivity contribution in [2.45, 2.75) is 38.6 Å². The van der Waals surface area contributed by atoms with Crippen LogP contribution < -0.4 is 5.32 Å². The quantitative estimate of drug-likeness (QED) is 0.818. The van der Waals surface area contributed by atoms with Gasteiger partial charge in [0.2, 0.25) is 0 Å². The summed E-state index contributed by atoms with van der Waals surface area (Å²) in [6, 6.07) is 0.256. The normalized spacial score (nSPS) is 30.7. The van der Waals surface area contributed by atoms with E-state index in [9.17, 15) is 4.79 Å². The lowest BCUT2D eigenvalue weighted by Gasteiger charge is -2.40. The summed E-state index contributed by atoms with van der Waals surface area (Å²) >= 11 is 0. The third-order valence-electron chi connectivity index (χ3n) is 3.98. The first-order valence-corrected chi connectivity index (χ1v) is 6.74. The van der Waals surface area contributed by atoms with E-state index in [4.69, 9.17) is 0 Å². The van der Waals surface area contributed by atoms with Crippen LogP contribution in [0.1, 0.15) is 32.6 Å². The highest BCUT2D eigenvalue weighted by Gasteiger charge is 2.29. The molecule has 1 amide bonds. The minimum atomic E-state index is -0.298. The molecule has 17 heavy (non-hydrogen) atoms. The Hall–Kier alpha value is -0.770. The maximum absolute atomic E-state index is 11.2. The Morgan fingerprint density at radius 2 is 2.18 bits per heavy atom. The van der Waals surface area contributed by atoms with Gasteiger partial charge >= 0.3 is 6.09 Å². The number of hydrogen-bond acceptors (Lipinski definition) is 3. The molecule has 0 aromatic carbocycles. The van der Waals surface area contributed by atoms with Crippen molar-refractivity contribution < 1.29 is 9.53 Å². The van der Waals surface area contributed by atoms with E-state index < -0.39 is 0 Å². The predicted molar refractivity (Wildman–Crippen MR) is 66.9 cm³/mol. The van der Waals surface area contributed by atoms with Crippen LogP contribution in [0, 0.1) is 11.8 Å². The number of amides is 1. The van der Waals surface area contributed by atoms with Crippen LogP contribution in [0.25, 0.3) is 0 Å². The molecule has 4 heteroatoms. The lowest BCUT2D eigenvalue weighted by molar-refractivity contribution is 0.102. The van der Waals surface area contributed by atoms with E-state index in [1.807, 2.05) is 0 Å². The highest BCUT2D eigenvalue weighted by Crippen LogP contribution is 2.28. The fraction of sp³-hybridized carbons (Fsp3) is 0.923. The molecule has 1 N–H and O–H groups in total. The van der Waals surface area contributed by atoms with Gasteiger partial charge in [-0.25, -0.2) is 4.79 Å². The summed E-state index contributed by atoms with van der Waals surface area (Å²) in [7, 11) is 1.42. The average molecular weight is 240 g/mol. The van der Waals surface area contributed by atoms with Crippen molar-refractivity contribution in [2.24, 2.45) is 11.8 Å². The summed E-state index contributed by atoms with van der Waals surface area (Å²) in [6.07, 6.45) is 4.95. The highest BCUT2D eigenvalue weighted by molar-refractivity contribution is 5.67. The first-order chi connectivity index (χ1) is 8.17. The Morgan fingerprint density at radius 1 is 1.41 bits per heavy atom. The van der Waals surface area contributed by atoms with Gasteiger partial charge in [0.25, 0.3) is 0 Å². The van der Waals surface area contributed by atoms with Crippen LogP contribution in [0.5, 0.6) is 0 Å². The van der Waals surface area contributed by atoms with Crippen molar-refractivity contribution in [3.63, 3.8) is 0 Å². The van der Waals surface area contributed by atoms with Crippen molar-refractivity contribution in [3.05, 3.63) is 0 Å². The molecule has 4 nitrogen and oxygen atoms in total. The fourth-order valence-corrected chi connectivity index (χ4v) is 2.98. The average Bonchev–Trinajstić information content (AvgIpc) is 2.22. The van der Waals surface area contributed by atoms with Gasteiger partial charge in [-0.3, -0.25) is 0 Å². The maximum Gasteiger partial charge on any atom is 0.407 e. The zero-order chi connectivity index (χ0) is 12.3. The second kappa shape index (κ2) is 5.71. The SMILES string of the molecule is COC(=O)NC1CC(C)CN(CC2CCC2)C1. The molecule has 0 aromatic heterocycles. The van der Waals surface area contributed by atoms with Crippen LogP contribution in [0.4, 0.5) is 4.79 Å². The Bertz CT molecular complexity index is 266. The number of likely N-dealkylation sites (tertiary alicyclic amines) is 1. The van der Waals surface area contributed by atoms with Gasteiger partial charge in [-0.1, -0.05) is 13.3 Å². The van der Waals surface area contributed by atoms with Crippen LogP contribution >= 0.6 is 0 Å². The number of rotatable bonds is 3. The summed E-state index contributed by atoms with van der Waals surface area (Å²) < 4.78 is 4.67. The van der Waals surface area contributed by atoms with Gasteiger partial charge in [-0.05, 0) is 31.1 Å². The number of nitrogens with one attached hydrogen (secondary N) is 1. The van der Waals surface area contributed by atoms with Crippen molar-refractivity contribution in [1.82, 2.24) is 10.2 Å². The van der Waals surface area contributed by atoms with Crippen LogP contribution in [0.3, 0.4) is 0 Å². The molecule has 1 aliphatic heterocycles. The number of hydrogen-bond donors (Lipinski definition) is 1. The third-order valence-corrected chi connectivity index (χ3v) is 3.98.